The number of hydrogen-bond acceptors (Lipinski definition) is 2. The average Bonchev–Trinajstić information content (AvgIpc) is 2.65. The molecule has 0 saturated heterocycles. The molecule has 2 aromatic rings. The van der Waals surface area contributed by atoms with E-state index in [1.54, 1.807) is 16.9 Å². The van der Waals surface area contributed by atoms with Crippen LogP contribution in [-0.4, -0.2) is 9.78 Å². The molecule has 1 aromatic carbocycles. The first-order valence-corrected chi connectivity index (χ1v) is 4.74. The normalized spacial score (nSPS) is 10.5. The Morgan fingerprint density at radius 3 is 2.87 bits per heavy atom. The van der Waals surface area contributed by atoms with Crippen LogP contribution in [-0.2, 0) is 13.1 Å². The fraction of sp³-hybridized carbons (Fsp3) is 0.182. The minimum atomic E-state index is -0.223. The summed E-state index contributed by atoms with van der Waals surface area (Å²) in [4.78, 5) is 0. The zero-order valence-corrected chi connectivity index (χ0v) is 8.23. The van der Waals surface area contributed by atoms with Crippen molar-refractivity contribution in [3.63, 3.8) is 0 Å². The van der Waals surface area contributed by atoms with Gasteiger partial charge in [-0.15, -0.1) is 0 Å². The third-order valence-electron chi connectivity index (χ3n) is 2.16. The molecule has 0 aliphatic heterocycles. The molecular formula is C11H12FN3. The molecule has 78 valence electrons. The van der Waals surface area contributed by atoms with Crippen LogP contribution in [0.25, 0.3) is 0 Å². The molecule has 0 fully saturated rings. The average molecular weight is 205 g/mol. The molecule has 0 atom stereocenters. The maximum atomic E-state index is 12.9. The molecule has 2 rings (SSSR count). The minimum absolute atomic E-state index is 0.223. The van der Waals surface area contributed by atoms with E-state index in [2.05, 4.69) is 5.10 Å². The van der Waals surface area contributed by atoms with Crippen molar-refractivity contribution in [2.24, 2.45) is 5.73 Å². The summed E-state index contributed by atoms with van der Waals surface area (Å²) in [7, 11) is 0. The van der Waals surface area contributed by atoms with E-state index in [1.807, 2.05) is 12.3 Å². The molecule has 0 saturated carbocycles. The molecule has 2 N–H and O–H groups in total. The Morgan fingerprint density at radius 1 is 1.33 bits per heavy atom. The van der Waals surface area contributed by atoms with Crippen molar-refractivity contribution in [3.05, 3.63) is 53.6 Å². The number of nitrogens with zero attached hydrogens (tertiary/aromatic N) is 2. The van der Waals surface area contributed by atoms with Crippen molar-refractivity contribution in [1.29, 1.82) is 0 Å². The molecule has 0 aliphatic rings. The van der Waals surface area contributed by atoms with Crippen molar-refractivity contribution < 1.29 is 4.39 Å². The monoisotopic (exact) mass is 205 g/mol. The van der Waals surface area contributed by atoms with Gasteiger partial charge in [-0.05, 0) is 17.7 Å². The predicted molar refractivity (Wildman–Crippen MR) is 55.6 cm³/mol. The van der Waals surface area contributed by atoms with Crippen molar-refractivity contribution in [1.82, 2.24) is 9.78 Å². The Hall–Kier alpha value is -1.68. The van der Waals surface area contributed by atoms with Crippen LogP contribution in [0.3, 0.4) is 0 Å². The number of halogens is 1. The van der Waals surface area contributed by atoms with E-state index in [9.17, 15) is 4.39 Å². The van der Waals surface area contributed by atoms with Gasteiger partial charge in [0.25, 0.3) is 0 Å². The fourth-order valence-electron chi connectivity index (χ4n) is 1.42. The topological polar surface area (TPSA) is 43.8 Å². The highest BCUT2D eigenvalue weighted by Gasteiger charge is 1.99. The molecule has 0 bridgehead atoms. The number of benzene rings is 1. The molecule has 0 spiro atoms. The maximum absolute atomic E-state index is 12.9. The van der Waals surface area contributed by atoms with Gasteiger partial charge in [-0.3, -0.25) is 4.68 Å². The third kappa shape index (κ3) is 2.41. The minimum Gasteiger partial charge on any atom is -0.326 e. The summed E-state index contributed by atoms with van der Waals surface area (Å²) in [6, 6.07) is 6.49. The van der Waals surface area contributed by atoms with Gasteiger partial charge in [0.1, 0.15) is 5.82 Å². The lowest BCUT2D eigenvalue weighted by atomic mass is 10.2. The summed E-state index contributed by atoms with van der Waals surface area (Å²) in [5.74, 6) is -0.223. The molecule has 4 heteroatoms. The van der Waals surface area contributed by atoms with Crippen LogP contribution in [0.5, 0.6) is 0 Å². The summed E-state index contributed by atoms with van der Waals surface area (Å²) in [5, 5.41) is 4.13. The van der Waals surface area contributed by atoms with Gasteiger partial charge in [-0.1, -0.05) is 12.1 Å². The van der Waals surface area contributed by atoms with Crippen LogP contribution < -0.4 is 5.73 Å². The third-order valence-corrected chi connectivity index (χ3v) is 2.16. The predicted octanol–water partition coefficient (Wildman–Crippen LogP) is 1.53. The Kier molecular flexibility index (Phi) is 2.78. The van der Waals surface area contributed by atoms with Gasteiger partial charge in [0.2, 0.25) is 0 Å². The molecule has 0 radical (unpaired) electrons. The standard InChI is InChI=1S/C11H12FN3/c12-11-3-1-2-9(4-11)7-15-8-10(5-13)6-14-15/h1-4,6,8H,5,7,13H2. The first kappa shape index (κ1) is 9.86. The number of nitrogens with two attached hydrogens (primary N) is 1. The van der Waals surface area contributed by atoms with E-state index in [-0.39, 0.29) is 5.82 Å². The van der Waals surface area contributed by atoms with Crippen LogP contribution >= 0.6 is 0 Å². The Labute approximate surface area is 87.3 Å². The lowest BCUT2D eigenvalue weighted by molar-refractivity contribution is 0.619. The van der Waals surface area contributed by atoms with Crippen LogP contribution in [0, 0.1) is 5.82 Å². The van der Waals surface area contributed by atoms with E-state index in [4.69, 9.17) is 5.73 Å². The lowest BCUT2D eigenvalue weighted by Gasteiger charge is -2.01. The van der Waals surface area contributed by atoms with E-state index in [1.165, 1.54) is 12.1 Å². The SMILES string of the molecule is NCc1cnn(Cc2cccc(F)c2)c1. The van der Waals surface area contributed by atoms with E-state index < -0.39 is 0 Å². The second-order valence-electron chi connectivity index (χ2n) is 3.38. The number of hydrogen-bond donors (Lipinski definition) is 1. The Morgan fingerprint density at radius 2 is 2.20 bits per heavy atom. The summed E-state index contributed by atoms with van der Waals surface area (Å²) in [5.41, 5.74) is 7.34. The summed E-state index contributed by atoms with van der Waals surface area (Å²) < 4.78 is 14.6. The molecule has 0 amide bonds. The largest absolute Gasteiger partial charge is 0.326 e. The molecule has 0 aliphatic carbocycles. The number of aromatic nitrogens is 2. The van der Waals surface area contributed by atoms with Gasteiger partial charge >= 0.3 is 0 Å². The summed E-state index contributed by atoms with van der Waals surface area (Å²) in [6.07, 6.45) is 3.59. The molecule has 0 unspecified atom stereocenters. The highest BCUT2D eigenvalue weighted by molar-refractivity contribution is 5.17. The van der Waals surface area contributed by atoms with Crippen molar-refractivity contribution >= 4 is 0 Å². The van der Waals surface area contributed by atoms with Crippen molar-refractivity contribution in [2.75, 3.05) is 0 Å². The molecular weight excluding hydrogens is 193 g/mol. The van der Waals surface area contributed by atoms with Crippen LogP contribution in [0.15, 0.2) is 36.7 Å². The lowest BCUT2D eigenvalue weighted by Crippen LogP contribution is -2.00. The van der Waals surface area contributed by atoms with Crippen LogP contribution in [0.2, 0.25) is 0 Å². The Bertz CT molecular complexity index is 451. The maximum Gasteiger partial charge on any atom is 0.123 e. The second-order valence-corrected chi connectivity index (χ2v) is 3.38. The highest BCUT2D eigenvalue weighted by atomic mass is 19.1. The first-order chi connectivity index (χ1) is 7.28. The van der Waals surface area contributed by atoms with Crippen molar-refractivity contribution in [2.45, 2.75) is 13.1 Å². The van der Waals surface area contributed by atoms with Gasteiger partial charge in [0.15, 0.2) is 0 Å². The van der Waals surface area contributed by atoms with Gasteiger partial charge in [-0.25, -0.2) is 4.39 Å². The fourth-order valence-corrected chi connectivity index (χ4v) is 1.42. The molecule has 1 heterocycles. The summed E-state index contributed by atoms with van der Waals surface area (Å²) >= 11 is 0. The number of rotatable bonds is 3. The van der Waals surface area contributed by atoms with Gasteiger partial charge in [0.05, 0.1) is 12.7 Å². The smallest absolute Gasteiger partial charge is 0.123 e. The van der Waals surface area contributed by atoms with E-state index in [0.29, 0.717) is 13.1 Å². The van der Waals surface area contributed by atoms with Gasteiger partial charge < -0.3 is 5.73 Å². The second kappa shape index (κ2) is 4.23. The van der Waals surface area contributed by atoms with E-state index in [0.717, 1.165) is 11.1 Å². The van der Waals surface area contributed by atoms with Crippen LogP contribution in [0.1, 0.15) is 11.1 Å². The zero-order valence-electron chi connectivity index (χ0n) is 8.23. The molecule has 1 aromatic heterocycles. The zero-order chi connectivity index (χ0) is 10.7. The van der Waals surface area contributed by atoms with Gasteiger partial charge in [0, 0.05) is 18.3 Å². The highest BCUT2D eigenvalue weighted by Crippen LogP contribution is 2.06. The van der Waals surface area contributed by atoms with E-state index >= 15 is 0 Å². The van der Waals surface area contributed by atoms with Crippen LogP contribution in [0.4, 0.5) is 4.39 Å². The first-order valence-electron chi connectivity index (χ1n) is 4.74. The van der Waals surface area contributed by atoms with Gasteiger partial charge in [-0.2, -0.15) is 5.10 Å². The molecule has 15 heavy (non-hydrogen) atoms. The van der Waals surface area contributed by atoms with Crippen molar-refractivity contribution in [3.8, 4) is 0 Å². The summed E-state index contributed by atoms with van der Waals surface area (Å²) in [6.45, 7) is 1.04. The Balaban J connectivity index is 2.14. The quantitative estimate of drug-likeness (QED) is 0.825. The molecule has 3 nitrogen and oxygen atoms in total.